The second-order valence-electron chi connectivity index (χ2n) is 8.75. The molecule has 2 N–H and O–H groups in total. The fraction of sp³-hybridized carbons (Fsp3) is 0.107. The van der Waals surface area contributed by atoms with Gasteiger partial charge in [-0.05, 0) is 63.2 Å². The van der Waals surface area contributed by atoms with Crippen molar-refractivity contribution >= 4 is 38.4 Å². The zero-order valence-electron chi connectivity index (χ0n) is 20.4. The number of rotatable bonds is 6. The Bertz CT molecular complexity index is 1740. The van der Waals surface area contributed by atoms with Crippen molar-refractivity contribution in [2.75, 3.05) is 10.0 Å². The number of amides is 1. The van der Waals surface area contributed by atoms with Crippen LogP contribution in [0.1, 0.15) is 27.2 Å². The third-order valence-electron chi connectivity index (χ3n) is 6.08. The Morgan fingerprint density at radius 3 is 2.35 bits per heavy atom. The Morgan fingerprint density at radius 2 is 1.65 bits per heavy atom. The number of hydrogen-bond donors (Lipinski definition) is 2. The number of pyridine rings is 1. The number of carbonyl (C=O) groups is 1. The standard InChI is InChI=1S/C28H24N4O4S/c1-17-7-6-8-20(15-17)26-16-24(23-9-4-5-10-25(23)30-26)27(33)29-21-11-13-22(14-12-21)37(34,35)32-28-18(2)19(3)31-36-28/h4-16,32H,1-3H3,(H,29,33). The monoisotopic (exact) mass is 512 g/mol. The summed E-state index contributed by atoms with van der Waals surface area (Å²) in [5.74, 6) is -0.252. The third kappa shape index (κ3) is 4.94. The van der Waals surface area contributed by atoms with Crippen LogP contribution in [0, 0.1) is 20.8 Å². The molecule has 5 aromatic rings. The fourth-order valence-electron chi connectivity index (χ4n) is 3.92. The highest BCUT2D eigenvalue weighted by Crippen LogP contribution is 2.27. The largest absolute Gasteiger partial charge is 0.337 e. The van der Waals surface area contributed by atoms with Crippen LogP contribution in [0.25, 0.3) is 22.2 Å². The molecule has 9 heteroatoms. The van der Waals surface area contributed by atoms with Crippen molar-refractivity contribution < 1.29 is 17.7 Å². The quantitative estimate of drug-likeness (QED) is 0.294. The smallest absolute Gasteiger partial charge is 0.264 e. The molecule has 3 aromatic carbocycles. The highest BCUT2D eigenvalue weighted by atomic mass is 32.2. The van der Waals surface area contributed by atoms with E-state index in [2.05, 4.69) is 15.2 Å². The highest BCUT2D eigenvalue weighted by molar-refractivity contribution is 7.92. The van der Waals surface area contributed by atoms with Gasteiger partial charge in [0.15, 0.2) is 0 Å². The number of nitrogens with zero attached hydrogens (tertiary/aromatic N) is 2. The first kappa shape index (κ1) is 24.2. The van der Waals surface area contributed by atoms with Crippen LogP contribution in [0.2, 0.25) is 0 Å². The van der Waals surface area contributed by atoms with Gasteiger partial charge in [-0.2, -0.15) is 0 Å². The summed E-state index contributed by atoms with van der Waals surface area (Å²) >= 11 is 0. The molecule has 0 aliphatic carbocycles. The lowest BCUT2D eigenvalue weighted by molar-refractivity contribution is 0.102. The molecular weight excluding hydrogens is 488 g/mol. The van der Waals surface area contributed by atoms with Crippen LogP contribution in [0.15, 0.2) is 88.3 Å². The van der Waals surface area contributed by atoms with E-state index in [4.69, 9.17) is 9.51 Å². The minimum absolute atomic E-state index is 0.0232. The average molecular weight is 513 g/mol. The zero-order valence-corrected chi connectivity index (χ0v) is 21.3. The van der Waals surface area contributed by atoms with E-state index >= 15 is 0 Å². The van der Waals surface area contributed by atoms with Gasteiger partial charge in [0.1, 0.15) is 0 Å². The summed E-state index contributed by atoms with van der Waals surface area (Å²) in [4.78, 5) is 18.1. The first-order chi connectivity index (χ1) is 17.7. The van der Waals surface area contributed by atoms with Gasteiger partial charge in [-0.15, -0.1) is 0 Å². The second-order valence-corrected chi connectivity index (χ2v) is 10.4. The predicted octanol–water partition coefficient (Wildman–Crippen LogP) is 5.87. The molecule has 186 valence electrons. The number of nitrogens with one attached hydrogen (secondary N) is 2. The number of fused-ring (bicyclic) bond motifs is 1. The van der Waals surface area contributed by atoms with Crippen LogP contribution in [0.3, 0.4) is 0 Å². The molecule has 0 spiro atoms. The number of sulfonamides is 1. The summed E-state index contributed by atoms with van der Waals surface area (Å²) in [6.07, 6.45) is 0. The van der Waals surface area contributed by atoms with E-state index in [0.717, 1.165) is 16.5 Å². The molecule has 0 radical (unpaired) electrons. The lowest BCUT2D eigenvalue weighted by Gasteiger charge is -2.12. The van der Waals surface area contributed by atoms with Gasteiger partial charge in [-0.25, -0.2) is 18.1 Å². The number of aromatic nitrogens is 2. The maximum absolute atomic E-state index is 13.4. The summed E-state index contributed by atoms with van der Waals surface area (Å²) in [6, 6.07) is 23.1. The Balaban J connectivity index is 1.42. The van der Waals surface area contributed by atoms with Gasteiger partial charge in [0.05, 0.1) is 27.4 Å². The van der Waals surface area contributed by atoms with Gasteiger partial charge in [0.2, 0.25) is 5.88 Å². The van der Waals surface area contributed by atoms with Crippen molar-refractivity contribution in [2.24, 2.45) is 0 Å². The Kier molecular flexibility index (Phi) is 6.22. The third-order valence-corrected chi connectivity index (χ3v) is 7.43. The summed E-state index contributed by atoms with van der Waals surface area (Å²) in [5.41, 5.74) is 5.54. The summed E-state index contributed by atoms with van der Waals surface area (Å²) in [6.45, 7) is 5.45. The molecule has 37 heavy (non-hydrogen) atoms. The Hall–Kier alpha value is -4.50. The van der Waals surface area contributed by atoms with E-state index in [1.165, 1.54) is 24.3 Å². The molecule has 0 fully saturated rings. The highest BCUT2D eigenvalue weighted by Gasteiger charge is 2.20. The molecule has 1 amide bonds. The molecule has 5 rings (SSSR count). The van der Waals surface area contributed by atoms with Crippen LogP contribution < -0.4 is 10.0 Å². The van der Waals surface area contributed by atoms with E-state index in [1.807, 2.05) is 55.5 Å². The average Bonchev–Trinajstić information content (AvgIpc) is 3.20. The number of aryl methyl sites for hydroxylation is 2. The zero-order chi connectivity index (χ0) is 26.2. The molecular formula is C28H24N4O4S. The molecule has 8 nitrogen and oxygen atoms in total. The van der Waals surface area contributed by atoms with Gasteiger partial charge in [-0.3, -0.25) is 4.79 Å². The van der Waals surface area contributed by atoms with E-state index in [1.54, 1.807) is 19.9 Å². The van der Waals surface area contributed by atoms with Crippen LogP contribution in [0.4, 0.5) is 11.6 Å². The minimum Gasteiger partial charge on any atom is -0.337 e. The molecule has 0 aliphatic rings. The van der Waals surface area contributed by atoms with Crippen molar-refractivity contribution in [2.45, 2.75) is 25.7 Å². The number of anilines is 2. The van der Waals surface area contributed by atoms with E-state index in [0.29, 0.717) is 33.7 Å². The number of carbonyl (C=O) groups excluding carboxylic acids is 1. The van der Waals surface area contributed by atoms with Gasteiger partial charge in [-0.1, -0.05) is 47.1 Å². The summed E-state index contributed by atoms with van der Waals surface area (Å²) in [5, 5.41) is 7.36. The molecule has 0 unspecified atom stereocenters. The maximum Gasteiger partial charge on any atom is 0.264 e. The normalized spacial score (nSPS) is 11.4. The van der Waals surface area contributed by atoms with Crippen LogP contribution >= 0.6 is 0 Å². The van der Waals surface area contributed by atoms with Crippen LogP contribution in [0.5, 0.6) is 0 Å². The van der Waals surface area contributed by atoms with Crippen molar-refractivity contribution in [3.63, 3.8) is 0 Å². The van der Waals surface area contributed by atoms with Gasteiger partial charge in [0, 0.05) is 22.2 Å². The van der Waals surface area contributed by atoms with Crippen molar-refractivity contribution in [3.05, 3.63) is 101 Å². The molecule has 0 saturated carbocycles. The molecule has 0 bridgehead atoms. The van der Waals surface area contributed by atoms with Crippen LogP contribution in [-0.2, 0) is 10.0 Å². The van der Waals surface area contributed by atoms with Crippen molar-refractivity contribution in [3.8, 4) is 11.3 Å². The van der Waals surface area contributed by atoms with Gasteiger partial charge < -0.3 is 9.84 Å². The first-order valence-electron chi connectivity index (χ1n) is 11.6. The Morgan fingerprint density at radius 1 is 0.892 bits per heavy atom. The SMILES string of the molecule is Cc1cccc(-c2cc(C(=O)Nc3ccc(S(=O)(=O)Nc4onc(C)c4C)cc3)c3ccccc3n2)c1. The fourth-order valence-corrected chi connectivity index (χ4v) is 4.97. The maximum atomic E-state index is 13.4. The molecule has 0 saturated heterocycles. The number of benzene rings is 3. The Labute approximate surface area is 214 Å². The van der Waals surface area contributed by atoms with E-state index in [-0.39, 0.29) is 16.7 Å². The predicted molar refractivity (Wildman–Crippen MR) is 143 cm³/mol. The molecule has 0 atom stereocenters. The van der Waals surface area contributed by atoms with Crippen molar-refractivity contribution in [1.29, 1.82) is 0 Å². The first-order valence-corrected chi connectivity index (χ1v) is 13.0. The molecule has 2 heterocycles. The van der Waals surface area contributed by atoms with Gasteiger partial charge in [0.25, 0.3) is 15.9 Å². The minimum atomic E-state index is -3.89. The molecule has 0 aliphatic heterocycles. The summed E-state index contributed by atoms with van der Waals surface area (Å²) in [7, 11) is -3.89. The van der Waals surface area contributed by atoms with Crippen molar-refractivity contribution in [1.82, 2.24) is 10.1 Å². The van der Waals surface area contributed by atoms with Crippen LogP contribution in [-0.4, -0.2) is 24.5 Å². The number of hydrogen-bond acceptors (Lipinski definition) is 6. The lowest BCUT2D eigenvalue weighted by Crippen LogP contribution is -2.15. The van der Waals surface area contributed by atoms with E-state index in [9.17, 15) is 13.2 Å². The van der Waals surface area contributed by atoms with Gasteiger partial charge >= 0.3 is 0 Å². The van der Waals surface area contributed by atoms with E-state index < -0.39 is 10.0 Å². The summed E-state index contributed by atoms with van der Waals surface area (Å²) < 4.78 is 33.0. The lowest BCUT2D eigenvalue weighted by atomic mass is 10.0. The number of para-hydroxylation sites is 1. The topological polar surface area (TPSA) is 114 Å². The second kappa shape index (κ2) is 9.51. The molecule has 2 aromatic heterocycles.